The van der Waals surface area contributed by atoms with Gasteiger partial charge in [0.1, 0.15) is 19.3 Å². The van der Waals surface area contributed by atoms with Crippen molar-refractivity contribution in [3.05, 3.63) is 53.1 Å². The molecule has 0 aromatic heterocycles. The highest BCUT2D eigenvalue weighted by Crippen LogP contribution is 2.31. The Bertz CT molecular complexity index is 988. The average molecular weight is 482 g/mol. The molecule has 7 heteroatoms. The molecule has 0 atom stereocenters. The number of rotatable bonds is 11. The van der Waals surface area contributed by atoms with Crippen molar-refractivity contribution in [2.75, 3.05) is 69.8 Å². The highest BCUT2D eigenvalue weighted by atomic mass is 16.7. The van der Waals surface area contributed by atoms with Gasteiger partial charge in [0, 0.05) is 51.5 Å². The Morgan fingerprint density at radius 3 is 2.57 bits per heavy atom. The number of nitrogens with zero attached hydrogens (tertiary/aromatic N) is 3. The fourth-order valence-corrected chi connectivity index (χ4v) is 4.88. The summed E-state index contributed by atoms with van der Waals surface area (Å²) in [6.07, 6.45) is 3.38. The van der Waals surface area contributed by atoms with Crippen molar-refractivity contribution in [2.45, 2.75) is 39.5 Å². The molecule has 190 valence electrons. The van der Waals surface area contributed by atoms with Crippen LogP contribution in [0.3, 0.4) is 0 Å². The second-order valence-electron chi connectivity index (χ2n) is 9.46. The molecule has 7 nitrogen and oxygen atoms in total. The molecule has 2 aliphatic heterocycles. The van der Waals surface area contributed by atoms with Gasteiger partial charge in [-0.2, -0.15) is 0 Å². The van der Waals surface area contributed by atoms with E-state index < -0.39 is 0 Å². The Morgan fingerprint density at radius 2 is 1.77 bits per heavy atom. The SMILES string of the molecule is COCOCN1C(=O)CCc2ccc(OCCCCN3CCN(c4cccc(C)c4C)CC3)cc21. The second kappa shape index (κ2) is 12.4. The van der Waals surface area contributed by atoms with Crippen molar-refractivity contribution in [1.82, 2.24) is 4.90 Å². The Labute approximate surface area is 209 Å². The molecule has 0 saturated carbocycles. The minimum Gasteiger partial charge on any atom is -0.494 e. The number of hydrogen-bond acceptors (Lipinski definition) is 6. The molecule has 0 spiro atoms. The van der Waals surface area contributed by atoms with Crippen molar-refractivity contribution in [2.24, 2.45) is 0 Å². The summed E-state index contributed by atoms with van der Waals surface area (Å²) in [6, 6.07) is 12.6. The summed E-state index contributed by atoms with van der Waals surface area (Å²) < 4.78 is 16.4. The summed E-state index contributed by atoms with van der Waals surface area (Å²) in [5, 5.41) is 0. The summed E-state index contributed by atoms with van der Waals surface area (Å²) in [5.74, 6) is 0.876. The van der Waals surface area contributed by atoms with Gasteiger partial charge in [-0.3, -0.25) is 14.6 Å². The smallest absolute Gasteiger partial charge is 0.229 e. The van der Waals surface area contributed by atoms with Gasteiger partial charge in [-0.15, -0.1) is 0 Å². The summed E-state index contributed by atoms with van der Waals surface area (Å²) in [4.78, 5) is 19.2. The third kappa shape index (κ3) is 6.54. The minimum absolute atomic E-state index is 0.0726. The van der Waals surface area contributed by atoms with Crippen LogP contribution in [0, 0.1) is 13.8 Å². The van der Waals surface area contributed by atoms with E-state index in [2.05, 4.69) is 47.9 Å². The first-order valence-electron chi connectivity index (χ1n) is 12.7. The number of unbranched alkanes of at least 4 members (excludes halogenated alkanes) is 1. The number of carbonyl (C=O) groups excluding carboxylic acids is 1. The van der Waals surface area contributed by atoms with Gasteiger partial charge in [-0.1, -0.05) is 18.2 Å². The molecule has 2 aliphatic rings. The normalized spacial score (nSPS) is 16.5. The van der Waals surface area contributed by atoms with Gasteiger partial charge in [0.2, 0.25) is 5.91 Å². The number of fused-ring (bicyclic) bond motifs is 1. The lowest BCUT2D eigenvalue weighted by molar-refractivity contribution is -0.121. The fraction of sp³-hybridized carbons (Fsp3) is 0.536. The van der Waals surface area contributed by atoms with Crippen LogP contribution >= 0.6 is 0 Å². The molecular formula is C28H39N3O4. The molecule has 0 bridgehead atoms. The van der Waals surface area contributed by atoms with Crippen LogP contribution in [0.5, 0.6) is 5.75 Å². The van der Waals surface area contributed by atoms with Crippen molar-refractivity contribution < 1.29 is 19.0 Å². The monoisotopic (exact) mass is 481 g/mol. The van der Waals surface area contributed by atoms with E-state index in [1.54, 1.807) is 12.0 Å². The first kappa shape index (κ1) is 25.5. The Morgan fingerprint density at radius 1 is 0.943 bits per heavy atom. The zero-order chi connectivity index (χ0) is 24.6. The number of anilines is 2. The van der Waals surface area contributed by atoms with E-state index >= 15 is 0 Å². The van der Waals surface area contributed by atoms with Crippen LogP contribution in [0.1, 0.15) is 36.0 Å². The molecular weight excluding hydrogens is 442 g/mol. The van der Waals surface area contributed by atoms with Crippen LogP contribution in [0.2, 0.25) is 0 Å². The van der Waals surface area contributed by atoms with Gasteiger partial charge >= 0.3 is 0 Å². The number of methoxy groups -OCH3 is 1. The molecule has 1 saturated heterocycles. The average Bonchev–Trinajstić information content (AvgIpc) is 2.87. The standard InChI is InChI=1S/C28H39N3O4/c1-22-7-6-8-26(23(22)2)30-16-14-29(15-17-30)13-4-5-18-35-25-11-9-24-10-12-28(32)31(27(24)19-25)20-34-21-33-3/h6-9,11,19H,4-5,10,12-18,20-21H2,1-3H3. The number of hydrogen-bond donors (Lipinski definition) is 0. The van der Waals surface area contributed by atoms with Crippen molar-refractivity contribution in [3.63, 3.8) is 0 Å². The van der Waals surface area contributed by atoms with E-state index in [-0.39, 0.29) is 19.4 Å². The number of amides is 1. The quantitative estimate of drug-likeness (QED) is 0.355. The Balaban J connectivity index is 1.19. The van der Waals surface area contributed by atoms with Crippen LogP contribution < -0.4 is 14.5 Å². The Hall–Kier alpha value is -2.61. The van der Waals surface area contributed by atoms with E-state index in [0.29, 0.717) is 13.0 Å². The largest absolute Gasteiger partial charge is 0.494 e. The van der Waals surface area contributed by atoms with Gasteiger partial charge in [0.15, 0.2) is 0 Å². The molecule has 2 aromatic carbocycles. The molecule has 4 rings (SSSR count). The molecule has 2 heterocycles. The van der Waals surface area contributed by atoms with Gasteiger partial charge in [-0.05, 0) is 68.5 Å². The van der Waals surface area contributed by atoms with Crippen molar-refractivity contribution in [1.29, 1.82) is 0 Å². The van der Waals surface area contributed by atoms with Crippen LogP contribution in [-0.4, -0.2) is 70.8 Å². The summed E-state index contributed by atoms with van der Waals surface area (Å²) in [6.45, 7) is 10.9. The Kier molecular flexibility index (Phi) is 9.01. The maximum absolute atomic E-state index is 12.4. The predicted molar refractivity (Wildman–Crippen MR) is 139 cm³/mol. The predicted octanol–water partition coefficient (Wildman–Crippen LogP) is 4.14. The first-order chi connectivity index (χ1) is 17.1. The molecule has 1 amide bonds. The number of ether oxygens (including phenoxy) is 3. The van der Waals surface area contributed by atoms with E-state index in [4.69, 9.17) is 14.2 Å². The van der Waals surface area contributed by atoms with Gasteiger partial charge in [-0.25, -0.2) is 0 Å². The van der Waals surface area contributed by atoms with Gasteiger partial charge < -0.3 is 19.1 Å². The number of aryl methyl sites for hydroxylation is 2. The summed E-state index contributed by atoms with van der Waals surface area (Å²) in [5.41, 5.74) is 6.18. The zero-order valence-electron chi connectivity index (χ0n) is 21.4. The molecule has 1 fully saturated rings. The highest BCUT2D eigenvalue weighted by Gasteiger charge is 2.25. The van der Waals surface area contributed by atoms with Crippen LogP contribution in [0.25, 0.3) is 0 Å². The van der Waals surface area contributed by atoms with Crippen LogP contribution in [0.15, 0.2) is 36.4 Å². The van der Waals surface area contributed by atoms with Crippen LogP contribution in [-0.2, 0) is 20.7 Å². The summed E-state index contributed by atoms with van der Waals surface area (Å²) >= 11 is 0. The van der Waals surface area contributed by atoms with E-state index in [0.717, 1.165) is 69.0 Å². The van der Waals surface area contributed by atoms with Crippen molar-refractivity contribution in [3.8, 4) is 5.75 Å². The lowest BCUT2D eigenvalue weighted by atomic mass is 10.0. The lowest BCUT2D eigenvalue weighted by Gasteiger charge is -2.37. The minimum atomic E-state index is 0.0726. The third-order valence-electron chi connectivity index (χ3n) is 7.10. The number of piperazine rings is 1. The number of benzene rings is 2. The second-order valence-corrected chi connectivity index (χ2v) is 9.46. The van der Waals surface area contributed by atoms with Gasteiger partial charge in [0.25, 0.3) is 0 Å². The van der Waals surface area contributed by atoms with E-state index in [9.17, 15) is 4.79 Å². The number of carbonyl (C=O) groups is 1. The van der Waals surface area contributed by atoms with Crippen LogP contribution in [0.4, 0.5) is 11.4 Å². The third-order valence-corrected chi connectivity index (χ3v) is 7.10. The molecule has 0 radical (unpaired) electrons. The van der Waals surface area contributed by atoms with Crippen molar-refractivity contribution >= 4 is 17.3 Å². The maximum atomic E-state index is 12.4. The lowest BCUT2D eigenvalue weighted by Crippen LogP contribution is -2.46. The molecule has 2 aromatic rings. The zero-order valence-corrected chi connectivity index (χ0v) is 21.4. The first-order valence-corrected chi connectivity index (χ1v) is 12.7. The molecule has 0 aliphatic carbocycles. The molecule has 35 heavy (non-hydrogen) atoms. The van der Waals surface area contributed by atoms with E-state index in [1.807, 2.05) is 12.1 Å². The molecule has 0 unspecified atom stereocenters. The fourth-order valence-electron chi connectivity index (χ4n) is 4.88. The van der Waals surface area contributed by atoms with Gasteiger partial charge in [0.05, 0.1) is 12.3 Å². The molecule has 0 N–H and O–H groups in total. The topological polar surface area (TPSA) is 54.5 Å². The highest BCUT2D eigenvalue weighted by molar-refractivity contribution is 5.96. The summed E-state index contributed by atoms with van der Waals surface area (Å²) in [7, 11) is 1.57. The van der Waals surface area contributed by atoms with E-state index in [1.165, 1.54) is 16.8 Å². The maximum Gasteiger partial charge on any atom is 0.229 e.